The van der Waals surface area contributed by atoms with Crippen LogP contribution in [-0.4, -0.2) is 20.4 Å². The van der Waals surface area contributed by atoms with Gasteiger partial charge in [0.05, 0.1) is 12.0 Å². The molecule has 0 bridgehead atoms. The Hall–Kier alpha value is -3.15. The van der Waals surface area contributed by atoms with Crippen LogP contribution >= 0.6 is 0 Å². The Bertz CT molecular complexity index is 907. The number of carbonyl (C=O) groups is 1. The van der Waals surface area contributed by atoms with E-state index in [-0.39, 0.29) is 17.2 Å². The van der Waals surface area contributed by atoms with Crippen molar-refractivity contribution >= 4 is 11.6 Å². The number of aromatic amines is 1. The van der Waals surface area contributed by atoms with E-state index in [0.717, 1.165) is 17.1 Å². The maximum atomic E-state index is 12.1. The van der Waals surface area contributed by atoms with Crippen molar-refractivity contribution in [3.8, 4) is 5.69 Å². The number of anilines is 1. The molecule has 0 aliphatic rings. The standard InChI is InChI=1S/C17H16N4O2/c1-11-12(2)21(10-18-11)14-8-6-13(7-9-14)19-17(23)15-4-3-5-16(22)20-15/h3-10H,1-2H3,(H,19,23)(H,20,22). The van der Waals surface area contributed by atoms with Crippen LogP contribution in [0.3, 0.4) is 0 Å². The van der Waals surface area contributed by atoms with Crippen LogP contribution in [0.15, 0.2) is 53.6 Å². The van der Waals surface area contributed by atoms with Crippen LogP contribution in [0.4, 0.5) is 5.69 Å². The van der Waals surface area contributed by atoms with E-state index in [1.54, 1.807) is 18.5 Å². The molecular weight excluding hydrogens is 292 g/mol. The summed E-state index contributed by atoms with van der Waals surface area (Å²) < 4.78 is 1.98. The van der Waals surface area contributed by atoms with Crippen molar-refractivity contribution < 1.29 is 4.79 Å². The summed E-state index contributed by atoms with van der Waals surface area (Å²) >= 11 is 0. The lowest BCUT2D eigenvalue weighted by molar-refractivity contribution is 0.102. The molecule has 3 rings (SSSR count). The van der Waals surface area contributed by atoms with Gasteiger partial charge >= 0.3 is 0 Å². The maximum Gasteiger partial charge on any atom is 0.272 e. The third-order valence-corrected chi connectivity index (χ3v) is 3.67. The van der Waals surface area contributed by atoms with E-state index < -0.39 is 0 Å². The summed E-state index contributed by atoms with van der Waals surface area (Å²) in [7, 11) is 0. The fraction of sp³-hybridized carbons (Fsp3) is 0.118. The maximum absolute atomic E-state index is 12.1. The summed E-state index contributed by atoms with van der Waals surface area (Å²) in [5.41, 5.74) is 3.59. The van der Waals surface area contributed by atoms with Crippen LogP contribution in [0.2, 0.25) is 0 Å². The zero-order valence-electron chi connectivity index (χ0n) is 12.8. The average Bonchev–Trinajstić information content (AvgIpc) is 2.88. The lowest BCUT2D eigenvalue weighted by Gasteiger charge is -2.08. The number of rotatable bonds is 3. The van der Waals surface area contributed by atoms with Crippen LogP contribution in [0.1, 0.15) is 21.9 Å². The van der Waals surface area contributed by atoms with E-state index in [1.165, 1.54) is 6.07 Å². The number of carbonyl (C=O) groups excluding carboxylic acids is 1. The molecule has 6 heteroatoms. The van der Waals surface area contributed by atoms with Crippen molar-refractivity contribution in [3.05, 3.63) is 76.2 Å². The monoisotopic (exact) mass is 308 g/mol. The molecule has 116 valence electrons. The van der Waals surface area contributed by atoms with Gasteiger partial charge in [-0.15, -0.1) is 0 Å². The van der Waals surface area contributed by atoms with Crippen molar-refractivity contribution in [1.29, 1.82) is 0 Å². The number of benzene rings is 1. The zero-order valence-corrected chi connectivity index (χ0v) is 12.8. The molecule has 0 aliphatic heterocycles. The van der Waals surface area contributed by atoms with E-state index >= 15 is 0 Å². The number of amides is 1. The highest BCUT2D eigenvalue weighted by Gasteiger charge is 2.08. The largest absolute Gasteiger partial charge is 0.321 e. The minimum absolute atomic E-state index is 0.225. The van der Waals surface area contributed by atoms with Crippen LogP contribution in [0, 0.1) is 13.8 Å². The lowest BCUT2D eigenvalue weighted by Crippen LogP contribution is -2.17. The molecule has 2 N–H and O–H groups in total. The molecule has 0 saturated carbocycles. The molecule has 1 amide bonds. The van der Waals surface area contributed by atoms with E-state index in [1.807, 2.05) is 42.7 Å². The molecule has 0 unspecified atom stereocenters. The number of hydrogen-bond donors (Lipinski definition) is 2. The van der Waals surface area contributed by atoms with E-state index in [0.29, 0.717) is 5.69 Å². The zero-order chi connectivity index (χ0) is 16.4. The fourth-order valence-corrected chi connectivity index (χ4v) is 2.24. The molecule has 0 saturated heterocycles. The molecule has 0 fully saturated rings. The third kappa shape index (κ3) is 3.06. The number of pyridine rings is 1. The third-order valence-electron chi connectivity index (χ3n) is 3.67. The summed E-state index contributed by atoms with van der Waals surface area (Å²) in [6.07, 6.45) is 1.77. The molecule has 0 radical (unpaired) electrons. The average molecular weight is 308 g/mol. The van der Waals surface area contributed by atoms with Crippen molar-refractivity contribution in [2.75, 3.05) is 5.32 Å². The summed E-state index contributed by atoms with van der Waals surface area (Å²) in [5.74, 6) is -0.356. The number of H-pyrrole nitrogens is 1. The van der Waals surface area contributed by atoms with E-state index in [4.69, 9.17) is 0 Å². The van der Waals surface area contributed by atoms with Gasteiger partial charge in [-0.05, 0) is 44.2 Å². The first-order valence-electron chi connectivity index (χ1n) is 7.16. The second-order valence-electron chi connectivity index (χ2n) is 5.22. The smallest absolute Gasteiger partial charge is 0.272 e. The molecule has 2 aromatic heterocycles. The Morgan fingerprint density at radius 3 is 2.48 bits per heavy atom. The van der Waals surface area contributed by atoms with Gasteiger partial charge in [-0.3, -0.25) is 9.59 Å². The van der Waals surface area contributed by atoms with Gasteiger partial charge in [-0.25, -0.2) is 4.98 Å². The second-order valence-corrected chi connectivity index (χ2v) is 5.22. The van der Waals surface area contributed by atoms with Gasteiger partial charge in [0.15, 0.2) is 0 Å². The lowest BCUT2D eigenvalue weighted by atomic mass is 10.2. The van der Waals surface area contributed by atoms with Crippen molar-refractivity contribution in [2.45, 2.75) is 13.8 Å². The van der Waals surface area contributed by atoms with Crippen LogP contribution in [-0.2, 0) is 0 Å². The first-order valence-corrected chi connectivity index (χ1v) is 7.16. The van der Waals surface area contributed by atoms with E-state index in [9.17, 15) is 9.59 Å². The van der Waals surface area contributed by atoms with Gasteiger partial charge in [0.25, 0.3) is 5.91 Å². The number of aryl methyl sites for hydroxylation is 1. The van der Waals surface area contributed by atoms with Crippen molar-refractivity contribution in [3.63, 3.8) is 0 Å². The fourth-order valence-electron chi connectivity index (χ4n) is 2.24. The predicted molar refractivity (Wildman–Crippen MR) is 88.1 cm³/mol. The first kappa shape index (κ1) is 14.8. The number of aromatic nitrogens is 3. The van der Waals surface area contributed by atoms with Crippen LogP contribution in [0.5, 0.6) is 0 Å². The summed E-state index contributed by atoms with van der Waals surface area (Å²) in [5, 5.41) is 2.75. The topological polar surface area (TPSA) is 79.8 Å². The van der Waals surface area contributed by atoms with Crippen LogP contribution in [0.25, 0.3) is 5.69 Å². The minimum atomic E-state index is -0.356. The molecule has 0 aliphatic carbocycles. The highest BCUT2D eigenvalue weighted by Crippen LogP contribution is 2.17. The Labute approximate surface area is 132 Å². The van der Waals surface area contributed by atoms with Gasteiger partial charge in [0, 0.05) is 23.1 Å². The quantitative estimate of drug-likeness (QED) is 0.780. The SMILES string of the molecule is Cc1ncn(-c2ccc(NC(=O)c3cccc(=O)[nH]3)cc2)c1C. The minimum Gasteiger partial charge on any atom is -0.321 e. The number of nitrogens with zero attached hydrogens (tertiary/aromatic N) is 2. The highest BCUT2D eigenvalue weighted by atomic mass is 16.2. The van der Waals surface area contributed by atoms with Gasteiger partial charge in [0.1, 0.15) is 5.69 Å². The number of imidazole rings is 1. The Morgan fingerprint density at radius 2 is 1.87 bits per heavy atom. The molecule has 3 aromatic rings. The molecule has 1 aromatic carbocycles. The van der Waals surface area contributed by atoms with Crippen LogP contribution < -0.4 is 10.9 Å². The van der Waals surface area contributed by atoms with Gasteiger partial charge in [-0.2, -0.15) is 0 Å². The summed E-state index contributed by atoms with van der Waals surface area (Å²) in [4.78, 5) is 30.1. The summed E-state index contributed by atoms with van der Waals surface area (Å²) in [6.45, 7) is 3.96. The summed E-state index contributed by atoms with van der Waals surface area (Å²) in [6, 6.07) is 11.9. The van der Waals surface area contributed by atoms with Crippen molar-refractivity contribution in [1.82, 2.24) is 14.5 Å². The Kier molecular flexibility index (Phi) is 3.80. The predicted octanol–water partition coefficient (Wildman–Crippen LogP) is 2.43. The second kappa shape index (κ2) is 5.92. The Balaban J connectivity index is 1.79. The molecule has 0 atom stereocenters. The molecule has 23 heavy (non-hydrogen) atoms. The highest BCUT2D eigenvalue weighted by molar-refractivity contribution is 6.02. The molecule has 2 heterocycles. The van der Waals surface area contributed by atoms with Gasteiger partial charge in [-0.1, -0.05) is 6.07 Å². The molecule has 6 nitrogen and oxygen atoms in total. The van der Waals surface area contributed by atoms with Gasteiger partial charge < -0.3 is 14.9 Å². The normalized spacial score (nSPS) is 10.5. The first-order chi connectivity index (χ1) is 11.0. The van der Waals surface area contributed by atoms with Gasteiger partial charge in [0.2, 0.25) is 5.56 Å². The molecule has 0 spiro atoms. The molecular formula is C17H16N4O2. The number of nitrogens with one attached hydrogen (secondary N) is 2. The number of hydrogen-bond acceptors (Lipinski definition) is 3. The van der Waals surface area contributed by atoms with Crippen molar-refractivity contribution in [2.24, 2.45) is 0 Å². The Morgan fingerprint density at radius 1 is 1.13 bits per heavy atom. The van der Waals surface area contributed by atoms with E-state index in [2.05, 4.69) is 15.3 Å².